The van der Waals surface area contributed by atoms with Crippen LogP contribution in [0.4, 0.5) is 13.2 Å². The third kappa shape index (κ3) is 5.61. The molecule has 0 radical (unpaired) electrons. The number of para-hydroxylation sites is 1. The zero-order valence-electron chi connectivity index (χ0n) is 17.4. The number of phenols is 1. The summed E-state index contributed by atoms with van der Waals surface area (Å²) in [6.07, 6.45) is -4.91. The number of halogens is 3. The van der Waals surface area contributed by atoms with E-state index in [0.717, 1.165) is 12.1 Å². The van der Waals surface area contributed by atoms with Gasteiger partial charge in [-0.3, -0.25) is 0 Å². The van der Waals surface area contributed by atoms with Crippen LogP contribution in [-0.2, 0) is 17.5 Å². The molecule has 0 bridgehead atoms. The van der Waals surface area contributed by atoms with E-state index in [1.165, 1.54) is 13.2 Å². The smallest absolute Gasteiger partial charge is 0.416 e. The third-order valence-corrected chi connectivity index (χ3v) is 4.99. The van der Waals surface area contributed by atoms with Crippen LogP contribution in [0.2, 0.25) is 0 Å². The first-order valence-corrected chi connectivity index (χ1v) is 10.00. The van der Waals surface area contributed by atoms with E-state index in [4.69, 9.17) is 9.47 Å². The Morgan fingerprint density at radius 1 is 1.29 bits per heavy atom. The summed E-state index contributed by atoms with van der Waals surface area (Å²) in [4.78, 5) is 6.56. The molecule has 1 heterocycles. The highest BCUT2D eigenvalue weighted by Gasteiger charge is 2.32. The highest BCUT2D eigenvalue weighted by Crippen LogP contribution is 2.32. The summed E-state index contributed by atoms with van der Waals surface area (Å²) in [6.45, 7) is 4.03. The minimum absolute atomic E-state index is 0.0356. The summed E-state index contributed by atoms with van der Waals surface area (Å²) in [7, 11) is 1.48. The molecule has 2 aromatic rings. The number of rotatable bonds is 5. The number of methoxy groups -OCH3 is 1. The van der Waals surface area contributed by atoms with Gasteiger partial charge in [-0.2, -0.15) is 13.2 Å². The first-order chi connectivity index (χ1) is 14.8. The number of alkyl halides is 3. The average Bonchev–Trinajstić information content (AvgIpc) is 2.77. The molecular formula is C22H26F3N3O3. The van der Waals surface area contributed by atoms with Crippen LogP contribution >= 0.6 is 0 Å². The molecule has 0 aromatic heterocycles. The van der Waals surface area contributed by atoms with Crippen LogP contribution in [0.15, 0.2) is 47.5 Å². The number of aliphatic imine (C=N–C) groups is 1. The van der Waals surface area contributed by atoms with Gasteiger partial charge < -0.3 is 24.8 Å². The molecule has 2 aromatic carbocycles. The molecule has 9 heteroatoms. The highest BCUT2D eigenvalue weighted by molar-refractivity contribution is 5.80. The molecule has 2 N–H and O–H groups in total. The standard InChI is InChI=1S/C22H26F3N3O3/c1-3-26-21(27-13-16-7-5-9-18(30-2)20(16)29)28-10-11-31-19(14-28)15-6-4-8-17(12-15)22(23,24)25/h4-9,12,19,29H,3,10-11,13-14H2,1-2H3,(H,26,27). The Bertz CT molecular complexity index is 918. The van der Waals surface area contributed by atoms with Crippen LogP contribution < -0.4 is 10.1 Å². The van der Waals surface area contributed by atoms with Gasteiger partial charge in [-0.05, 0) is 30.7 Å². The first kappa shape index (κ1) is 22.7. The van der Waals surface area contributed by atoms with Gasteiger partial charge in [-0.1, -0.05) is 24.3 Å². The maximum absolute atomic E-state index is 13.1. The fourth-order valence-electron chi connectivity index (χ4n) is 3.40. The van der Waals surface area contributed by atoms with Crippen molar-refractivity contribution in [1.82, 2.24) is 10.2 Å². The molecule has 0 saturated carbocycles. The Hall–Kier alpha value is -2.94. The quantitative estimate of drug-likeness (QED) is 0.548. The lowest BCUT2D eigenvalue weighted by atomic mass is 10.0. The second kappa shape index (κ2) is 9.91. The zero-order valence-corrected chi connectivity index (χ0v) is 17.4. The Labute approximate surface area is 179 Å². The number of ether oxygens (including phenoxy) is 2. The van der Waals surface area contributed by atoms with Crippen molar-refractivity contribution in [3.63, 3.8) is 0 Å². The molecule has 0 spiro atoms. The first-order valence-electron chi connectivity index (χ1n) is 10.00. The molecular weight excluding hydrogens is 411 g/mol. The van der Waals surface area contributed by atoms with Crippen LogP contribution in [-0.4, -0.2) is 49.3 Å². The number of morpholine rings is 1. The summed E-state index contributed by atoms with van der Waals surface area (Å²) < 4.78 is 50.1. The van der Waals surface area contributed by atoms with Gasteiger partial charge in [-0.15, -0.1) is 0 Å². The van der Waals surface area contributed by atoms with Crippen molar-refractivity contribution in [1.29, 1.82) is 0 Å². The number of phenolic OH excluding ortho intramolecular Hbond substituents is 1. The van der Waals surface area contributed by atoms with E-state index < -0.39 is 17.8 Å². The number of aromatic hydroxyl groups is 1. The summed E-state index contributed by atoms with van der Waals surface area (Å²) >= 11 is 0. The Morgan fingerprint density at radius 2 is 2.06 bits per heavy atom. The normalized spacial score (nSPS) is 17.5. The van der Waals surface area contributed by atoms with Gasteiger partial charge in [0.25, 0.3) is 0 Å². The summed E-state index contributed by atoms with van der Waals surface area (Å²) in [5, 5.41) is 13.5. The van der Waals surface area contributed by atoms with Gasteiger partial charge in [-0.25, -0.2) is 4.99 Å². The van der Waals surface area contributed by atoms with E-state index in [1.54, 1.807) is 24.3 Å². The Morgan fingerprint density at radius 3 is 2.77 bits per heavy atom. The number of benzene rings is 2. The predicted octanol–water partition coefficient (Wildman–Crippen LogP) is 3.96. The fraction of sp³-hybridized carbons (Fsp3) is 0.409. The minimum atomic E-state index is -4.40. The lowest BCUT2D eigenvalue weighted by molar-refractivity contribution is -0.137. The van der Waals surface area contributed by atoms with Gasteiger partial charge in [0.15, 0.2) is 17.5 Å². The average molecular weight is 437 g/mol. The van der Waals surface area contributed by atoms with E-state index in [1.807, 2.05) is 11.8 Å². The molecule has 1 saturated heterocycles. The van der Waals surface area contributed by atoms with Crippen molar-refractivity contribution in [3.8, 4) is 11.5 Å². The van der Waals surface area contributed by atoms with Crippen LogP contribution in [0.5, 0.6) is 11.5 Å². The summed E-state index contributed by atoms with van der Waals surface area (Å²) in [5.41, 5.74) is 0.387. The highest BCUT2D eigenvalue weighted by atomic mass is 19.4. The zero-order chi connectivity index (χ0) is 22.4. The van der Waals surface area contributed by atoms with Gasteiger partial charge in [0.2, 0.25) is 0 Å². The maximum Gasteiger partial charge on any atom is 0.416 e. The lowest BCUT2D eigenvalue weighted by Crippen LogP contribution is -2.48. The molecule has 1 aliphatic rings. The van der Waals surface area contributed by atoms with E-state index in [9.17, 15) is 18.3 Å². The van der Waals surface area contributed by atoms with Crippen molar-refractivity contribution < 1.29 is 27.8 Å². The fourth-order valence-corrected chi connectivity index (χ4v) is 3.40. The molecule has 6 nitrogen and oxygen atoms in total. The van der Waals surface area contributed by atoms with Crippen molar-refractivity contribution >= 4 is 5.96 Å². The SMILES string of the molecule is CCNC(=NCc1cccc(OC)c1O)N1CCOC(c2cccc(C(F)(F)F)c2)C1. The molecule has 0 amide bonds. The molecule has 31 heavy (non-hydrogen) atoms. The molecule has 3 rings (SSSR count). The van der Waals surface area contributed by atoms with Crippen molar-refractivity contribution in [3.05, 3.63) is 59.2 Å². The summed E-state index contributed by atoms with van der Waals surface area (Å²) in [6, 6.07) is 10.4. The van der Waals surface area contributed by atoms with Crippen molar-refractivity contribution in [2.45, 2.75) is 25.7 Å². The molecule has 0 aliphatic carbocycles. The van der Waals surface area contributed by atoms with Crippen LogP contribution in [0, 0.1) is 0 Å². The van der Waals surface area contributed by atoms with Crippen molar-refractivity contribution in [2.24, 2.45) is 4.99 Å². The topological polar surface area (TPSA) is 66.3 Å². The molecule has 1 aliphatic heterocycles. The van der Waals surface area contributed by atoms with Gasteiger partial charge in [0, 0.05) is 18.7 Å². The second-order valence-electron chi connectivity index (χ2n) is 7.07. The minimum Gasteiger partial charge on any atom is -0.504 e. The third-order valence-electron chi connectivity index (χ3n) is 4.99. The van der Waals surface area contributed by atoms with Crippen LogP contribution in [0.3, 0.4) is 0 Å². The van der Waals surface area contributed by atoms with E-state index in [-0.39, 0.29) is 12.3 Å². The number of hydrogen-bond acceptors (Lipinski definition) is 4. The monoisotopic (exact) mass is 437 g/mol. The van der Waals surface area contributed by atoms with E-state index >= 15 is 0 Å². The molecule has 168 valence electrons. The Balaban J connectivity index is 1.78. The molecule has 1 unspecified atom stereocenters. The molecule has 1 atom stereocenters. The predicted molar refractivity (Wildman–Crippen MR) is 111 cm³/mol. The second-order valence-corrected chi connectivity index (χ2v) is 7.07. The lowest BCUT2D eigenvalue weighted by Gasteiger charge is -2.35. The number of guanidine groups is 1. The van der Waals surface area contributed by atoms with Crippen LogP contribution in [0.1, 0.15) is 29.7 Å². The largest absolute Gasteiger partial charge is 0.504 e. The van der Waals surface area contributed by atoms with Crippen molar-refractivity contribution in [2.75, 3.05) is 33.4 Å². The van der Waals surface area contributed by atoms with Gasteiger partial charge in [0.1, 0.15) is 6.10 Å². The summed E-state index contributed by atoms with van der Waals surface area (Å²) in [5.74, 6) is 1.01. The Kier molecular flexibility index (Phi) is 7.27. The van der Waals surface area contributed by atoms with Gasteiger partial charge in [0.05, 0.1) is 32.4 Å². The molecule has 1 fully saturated rings. The number of hydrogen-bond donors (Lipinski definition) is 2. The van der Waals surface area contributed by atoms with Crippen LogP contribution in [0.25, 0.3) is 0 Å². The van der Waals surface area contributed by atoms with Gasteiger partial charge >= 0.3 is 6.18 Å². The maximum atomic E-state index is 13.1. The van der Waals surface area contributed by atoms with E-state index in [0.29, 0.717) is 49.1 Å². The number of nitrogens with one attached hydrogen (secondary N) is 1. The van der Waals surface area contributed by atoms with E-state index in [2.05, 4.69) is 10.3 Å². The number of nitrogens with zero attached hydrogens (tertiary/aromatic N) is 2.